The summed E-state index contributed by atoms with van der Waals surface area (Å²) < 4.78 is 38.1. The second-order valence-corrected chi connectivity index (χ2v) is 13.5. The molecule has 0 spiro atoms. The van der Waals surface area contributed by atoms with Crippen molar-refractivity contribution in [2.45, 2.75) is 29.6 Å². The molecule has 1 N–H and O–H groups in total. The number of carbonyl (C=O) groups excluding carboxylic acids is 1. The van der Waals surface area contributed by atoms with Gasteiger partial charge in [-0.15, -0.1) is 0 Å². The number of halogens is 1. The Hall–Kier alpha value is -1.82. The molecule has 3 fully saturated rings. The molecule has 184 valence electrons. The maximum absolute atomic E-state index is 13.4. The number of sulfone groups is 1. The van der Waals surface area contributed by atoms with Gasteiger partial charge >= 0.3 is 6.03 Å². The lowest BCUT2D eigenvalue weighted by molar-refractivity contribution is 0.129. The molecule has 3 heterocycles. The fourth-order valence-corrected chi connectivity index (χ4v) is 7.15. The van der Waals surface area contributed by atoms with Crippen molar-refractivity contribution in [2.75, 3.05) is 44.3 Å². The van der Waals surface area contributed by atoms with E-state index in [9.17, 15) is 13.2 Å². The Labute approximate surface area is 211 Å². The first-order chi connectivity index (χ1) is 16.4. The third-order valence-corrected chi connectivity index (χ3v) is 9.99. The van der Waals surface area contributed by atoms with E-state index in [1.165, 1.54) is 24.0 Å². The van der Waals surface area contributed by atoms with Gasteiger partial charge in [-0.2, -0.15) is 0 Å². The number of hydrogen-bond donors (Lipinski definition) is 1. The number of urea groups is 1. The highest BCUT2D eigenvalue weighted by Gasteiger charge is 2.38. The summed E-state index contributed by atoms with van der Waals surface area (Å²) in [6.45, 7) is 2.18. The number of nitrogens with one attached hydrogen (secondary N) is 1. The number of nitrogens with zero attached hydrogens (tertiary/aromatic N) is 3. The fraction of sp³-hybridized carbons (Fsp3) is 0.583. The van der Waals surface area contributed by atoms with Crippen LogP contribution in [0.15, 0.2) is 41.0 Å². The Balaban J connectivity index is 1.37. The number of likely N-dealkylation sites (tertiary alicyclic amines) is 1. The van der Waals surface area contributed by atoms with Crippen molar-refractivity contribution in [3.05, 3.63) is 47.2 Å². The van der Waals surface area contributed by atoms with Crippen LogP contribution >= 0.6 is 21.0 Å². The highest BCUT2D eigenvalue weighted by atomic mass is 127. The molecule has 0 radical (unpaired) electrons. The lowest BCUT2D eigenvalue weighted by Gasteiger charge is -2.41. The quantitative estimate of drug-likeness (QED) is 0.410. The number of benzene rings is 1. The van der Waals surface area contributed by atoms with Crippen LogP contribution in [-0.2, 0) is 19.0 Å². The number of carbonyl (C=O) groups is 1. The molecular formula is C24H31IN4O4S. The van der Waals surface area contributed by atoms with Crippen LogP contribution in [-0.4, -0.2) is 74.4 Å². The number of piperidine rings is 1. The fourth-order valence-electron chi connectivity index (χ4n) is 5.00. The number of alkyl halides is 1. The lowest BCUT2D eigenvalue weighted by atomic mass is 9.84. The lowest BCUT2D eigenvalue weighted by Crippen LogP contribution is -2.54. The van der Waals surface area contributed by atoms with Gasteiger partial charge in [0.2, 0.25) is 0 Å². The van der Waals surface area contributed by atoms with E-state index in [4.69, 9.17) is 13.3 Å². The van der Waals surface area contributed by atoms with Gasteiger partial charge in [0.05, 0.1) is 17.4 Å². The van der Waals surface area contributed by atoms with Crippen molar-refractivity contribution >= 4 is 42.8 Å². The van der Waals surface area contributed by atoms with Crippen LogP contribution in [0.3, 0.4) is 0 Å². The molecule has 1 aromatic carbocycles. The summed E-state index contributed by atoms with van der Waals surface area (Å²) in [4.78, 5) is 21.9. The molecule has 2 amide bonds. The minimum absolute atomic E-state index is 0.0115. The number of aliphatic imine (C=N–C) groups is 1. The van der Waals surface area contributed by atoms with Gasteiger partial charge in [0.1, 0.15) is 6.61 Å². The monoisotopic (exact) mass is 598 g/mol. The summed E-state index contributed by atoms with van der Waals surface area (Å²) in [5.74, 6) is 1.52. The van der Waals surface area contributed by atoms with Gasteiger partial charge in [-0.1, -0.05) is 24.3 Å². The van der Waals surface area contributed by atoms with Gasteiger partial charge in [0.25, 0.3) is 0 Å². The Morgan fingerprint density at radius 3 is 2.44 bits per heavy atom. The minimum atomic E-state index is -3.05. The van der Waals surface area contributed by atoms with Crippen molar-refractivity contribution < 1.29 is 17.9 Å². The van der Waals surface area contributed by atoms with E-state index >= 15 is 0 Å². The first-order valence-electron chi connectivity index (χ1n) is 11.9. The molecule has 2 unspecified atom stereocenters. The van der Waals surface area contributed by atoms with Crippen LogP contribution < -0.4 is 0 Å². The Bertz CT molecular complexity index is 1100. The Morgan fingerprint density at radius 2 is 1.76 bits per heavy atom. The molecule has 0 bridgehead atoms. The Morgan fingerprint density at radius 1 is 1.06 bits per heavy atom. The van der Waals surface area contributed by atoms with E-state index in [1.54, 1.807) is 4.90 Å². The third kappa shape index (κ3) is 5.53. The van der Waals surface area contributed by atoms with Crippen LogP contribution in [0, 0.1) is 15.4 Å². The molecule has 1 aromatic rings. The summed E-state index contributed by atoms with van der Waals surface area (Å²) in [5, 5.41) is 0. The largest absolute Gasteiger partial charge is 0.476 e. The van der Waals surface area contributed by atoms with E-state index in [2.05, 4.69) is 30.3 Å². The molecule has 2 atom stereocenters. The predicted octanol–water partition coefficient (Wildman–Crippen LogP) is 3.90. The third-order valence-electron chi connectivity index (χ3n) is 7.12. The number of ether oxygens (including phenoxy) is 1. The maximum atomic E-state index is 13.4. The molecule has 1 aliphatic carbocycles. The zero-order valence-corrected chi connectivity index (χ0v) is 22.1. The zero-order valence-electron chi connectivity index (χ0n) is 19.2. The molecule has 5 rings (SSSR count). The highest BCUT2D eigenvalue weighted by Crippen LogP contribution is 2.39. The van der Waals surface area contributed by atoms with Gasteiger partial charge in [0, 0.05) is 48.1 Å². The maximum Gasteiger partial charge on any atom is 0.320 e. The van der Waals surface area contributed by atoms with Gasteiger partial charge in [-0.25, -0.2) is 18.2 Å². The molecule has 8 nitrogen and oxygen atoms in total. The van der Waals surface area contributed by atoms with E-state index in [1.807, 2.05) is 4.90 Å². The van der Waals surface area contributed by atoms with Crippen molar-refractivity contribution in [1.82, 2.24) is 9.80 Å². The smallest absolute Gasteiger partial charge is 0.320 e. The first-order valence-corrected chi connectivity index (χ1v) is 16.3. The highest BCUT2D eigenvalue weighted by molar-refractivity contribution is 14.1. The molecule has 2 saturated heterocycles. The number of rotatable bonds is 5. The van der Waals surface area contributed by atoms with Gasteiger partial charge in [-0.05, 0) is 57.5 Å². The molecule has 34 heavy (non-hydrogen) atoms. The topological polar surface area (TPSA) is 103 Å². The molecule has 0 aromatic heterocycles. The summed E-state index contributed by atoms with van der Waals surface area (Å²) in [6.07, 6.45) is 5.31. The van der Waals surface area contributed by atoms with E-state index in [-0.39, 0.29) is 42.5 Å². The Kier molecular flexibility index (Phi) is 7.06. The average Bonchev–Trinajstić information content (AvgIpc) is 3.70. The van der Waals surface area contributed by atoms with Crippen LogP contribution in [0.5, 0.6) is 0 Å². The molecule has 1 saturated carbocycles. The number of amides is 2. The average molecular weight is 599 g/mol. The predicted molar refractivity (Wildman–Crippen MR) is 139 cm³/mol. The van der Waals surface area contributed by atoms with Crippen LogP contribution in [0.4, 0.5) is 4.79 Å². The minimum Gasteiger partial charge on any atom is -0.476 e. The van der Waals surface area contributed by atoms with Gasteiger partial charge in [0.15, 0.2) is 15.7 Å². The normalized spacial score (nSPS) is 26.9. The van der Waals surface area contributed by atoms with Crippen LogP contribution in [0.2, 0.25) is 0 Å². The van der Waals surface area contributed by atoms with Crippen LogP contribution in [0.25, 0.3) is 0 Å². The van der Waals surface area contributed by atoms with Crippen molar-refractivity contribution in [2.24, 2.45) is 16.8 Å². The first kappa shape index (κ1) is 23.9. The van der Waals surface area contributed by atoms with E-state index in [0.29, 0.717) is 25.6 Å². The van der Waals surface area contributed by atoms with Crippen molar-refractivity contribution in [3.8, 4) is 0 Å². The molecular weight excluding hydrogens is 567 g/mol. The van der Waals surface area contributed by atoms with Gasteiger partial charge < -0.3 is 14.5 Å². The summed E-state index contributed by atoms with van der Waals surface area (Å²) in [7, 11) is -3.05. The molecule has 4 aliphatic rings. The summed E-state index contributed by atoms with van der Waals surface area (Å²) >= 11 is -0.538. The van der Waals surface area contributed by atoms with Crippen molar-refractivity contribution in [1.29, 1.82) is 3.56 Å². The van der Waals surface area contributed by atoms with Crippen molar-refractivity contribution in [3.63, 3.8) is 0 Å². The molecule has 3 aliphatic heterocycles. The van der Waals surface area contributed by atoms with E-state index < -0.39 is 30.9 Å². The second kappa shape index (κ2) is 10.0. The molecule has 10 heteroatoms. The summed E-state index contributed by atoms with van der Waals surface area (Å²) in [5.41, 5.74) is 3.51. The van der Waals surface area contributed by atoms with E-state index in [0.717, 1.165) is 22.4 Å². The SMILES string of the molecule is N=ICc1ccc(C2CC(C3=NC(C4CC4)=CCO3)CN(C(=O)N3CCS(=O)(=O)CC3)C2)cc1. The standard InChI is InChI=1S/C24H31IN4O4S/c26-25-14-17-1-3-18(4-2-17)20-13-21(23-27-22(7-10-33-23)19-5-6-19)16-29(15-20)24(30)28-8-11-34(31,32)12-9-28/h1-4,7,19-21,26H,5-6,8-16H2. The number of allylic oxidation sites excluding steroid dienone is 1. The van der Waals surface area contributed by atoms with Crippen LogP contribution in [0.1, 0.15) is 36.3 Å². The van der Waals surface area contributed by atoms with Gasteiger partial charge in [-0.3, -0.25) is 3.56 Å². The number of hydrogen-bond acceptors (Lipinski definition) is 6. The zero-order chi connectivity index (χ0) is 23.7. The second-order valence-electron chi connectivity index (χ2n) is 9.63. The summed E-state index contributed by atoms with van der Waals surface area (Å²) in [6, 6.07) is 8.40.